The number of hydrogen-bond donors (Lipinski definition) is 2. The lowest BCUT2D eigenvalue weighted by Gasteiger charge is -2.09. The number of H-pyrrole nitrogens is 1. The molecule has 0 saturated carbocycles. The fraction of sp³-hybridized carbons (Fsp3) is 0.556. The average molecular weight is 230 g/mol. The van der Waals surface area contributed by atoms with Gasteiger partial charge in [-0.05, 0) is 0 Å². The van der Waals surface area contributed by atoms with Crippen molar-refractivity contribution in [2.75, 3.05) is 13.7 Å². The summed E-state index contributed by atoms with van der Waals surface area (Å²) in [5.41, 5.74) is 0.835. The van der Waals surface area contributed by atoms with Gasteiger partial charge in [0.05, 0.1) is 13.0 Å². The van der Waals surface area contributed by atoms with Gasteiger partial charge >= 0.3 is 10.8 Å². The zero-order valence-electron chi connectivity index (χ0n) is 8.70. The second-order valence-electron chi connectivity index (χ2n) is 3.23. The molecule has 0 spiro atoms. The summed E-state index contributed by atoms with van der Waals surface area (Å²) < 4.78 is 4.58. The van der Waals surface area contributed by atoms with E-state index in [-0.39, 0.29) is 16.8 Å². The van der Waals surface area contributed by atoms with Crippen LogP contribution in [0.1, 0.15) is 12.6 Å². The number of nitrogens with one attached hydrogen (secondary N) is 2. The molecule has 1 unspecified atom stereocenters. The van der Waals surface area contributed by atoms with Crippen LogP contribution >= 0.6 is 11.3 Å². The van der Waals surface area contributed by atoms with E-state index in [2.05, 4.69) is 15.0 Å². The minimum atomic E-state index is -0.235. The van der Waals surface area contributed by atoms with Crippen LogP contribution < -0.4 is 10.2 Å². The number of aromatic amines is 1. The predicted octanol–water partition coefficient (Wildman–Crippen LogP) is 0.335. The van der Waals surface area contributed by atoms with Gasteiger partial charge in [-0.1, -0.05) is 18.3 Å². The summed E-state index contributed by atoms with van der Waals surface area (Å²) in [6.07, 6.45) is 0. The molecule has 1 aromatic heterocycles. The first-order valence-corrected chi connectivity index (χ1v) is 5.46. The van der Waals surface area contributed by atoms with Crippen LogP contribution in [0.15, 0.2) is 10.2 Å². The molecule has 5 nitrogen and oxygen atoms in total. The molecule has 15 heavy (non-hydrogen) atoms. The second-order valence-corrected chi connectivity index (χ2v) is 4.07. The van der Waals surface area contributed by atoms with Crippen molar-refractivity contribution in [1.29, 1.82) is 0 Å². The Morgan fingerprint density at radius 1 is 1.73 bits per heavy atom. The summed E-state index contributed by atoms with van der Waals surface area (Å²) in [7, 11) is 1.37. The van der Waals surface area contributed by atoms with Crippen molar-refractivity contribution in [3.63, 3.8) is 0 Å². The molecule has 1 atom stereocenters. The Morgan fingerprint density at radius 3 is 3.00 bits per heavy atom. The molecular formula is C9H14N2O3S. The van der Waals surface area contributed by atoms with E-state index >= 15 is 0 Å². The van der Waals surface area contributed by atoms with E-state index in [0.29, 0.717) is 13.1 Å². The zero-order valence-corrected chi connectivity index (χ0v) is 9.52. The van der Waals surface area contributed by atoms with Gasteiger partial charge in [-0.2, -0.15) is 0 Å². The third-order valence-corrected chi connectivity index (χ3v) is 2.66. The molecule has 0 bridgehead atoms. The third-order valence-electron chi connectivity index (χ3n) is 1.94. The smallest absolute Gasteiger partial charge is 0.309 e. The van der Waals surface area contributed by atoms with E-state index in [0.717, 1.165) is 17.0 Å². The molecule has 0 aliphatic rings. The van der Waals surface area contributed by atoms with Gasteiger partial charge in [0.2, 0.25) is 0 Å². The maximum Gasteiger partial charge on any atom is 0.309 e. The number of thiazole rings is 1. The Balaban J connectivity index is 2.27. The Kier molecular flexibility index (Phi) is 4.51. The minimum Gasteiger partial charge on any atom is -0.469 e. The third kappa shape index (κ3) is 3.85. The molecule has 1 rings (SSSR count). The molecule has 0 aliphatic heterocycles. The van der Waals surface area contributed by atoms with E-state index < -0.39 is 0 Å². The fourth-order valence-corrected chi connectivity index (χ4v) is 1.69. The van der Waals surface area contributed by atoms with Gasteiger partial charge in [0.25, 0.3) is 0 Å². The number of esters is 1. The van der Waals surface area contributed by atoms with Crippen molar-refractivity contribution in [2.45, 2.75) is 13.5 Å². The van der Waals surface area contributed by atoms with Gasteiger partial charge in [0.1, 0.15) is 0 Å². The maximum atomic E-state index is 11.0. The summed E-state index contributed by atoms with van der Waals surface area (Å²) in [6.45, 7) is 2.87. The van der Waals surface area contributed by atoms with Gasteiger partial charge in [-0.3, -0.25) is 9.59 Å². The molecule has 2 N–H and O–H groups in total. The van der Waals surface area contributed by atoms with Crippen molar-refractivity contribution < 1.29 is 9.53 Å². The Labute approximate surface area is 91.5 Å². The molecule has 0 aliphatic carbocycles. The van der Waals surface area contributed by atoms with Crippen molar-refractivity contribution in [1.82, 2.24) is 10.3 Å². The fourth-order valence-electron chi connectivity index (χ4n) is 1.11. The van der Waals surface area contributed by atoms with Crippen LogP contribution in [0.3, 0.4) is 0 Å². The predicted molar refractivity (Wildman–Crippen MR) is 57.8 cm³/mol. The monoisotopic (exact) mass is 230 g/mol. The maximum absolute atomic E-state index is 11.0. The van der Waals surface area contributed by atoms with Gasteiger partial charge in [-0.15, -0.1) is 0 Å². The van der Waals surface area contributed by atoms with E-state index in [4.69, 9.17) is 0 Å². The topological polar surface area (TPSA) is 71.2 Å². The Bertz CT molecular complexity index is 371. The van der Waals surface area contributed by atoms with Crippen LogP contribution in [0, 0.1) is 5.92 Å². The highest BCUT2D eigenvalue weighted by atomic mass is 32.1. The number of aromatic nitrogens is 1. The summed E-state index contributed by atoms with van der Waals surface area (Å²) in [5.74, 6) is -0.415. The summed E-state index contributed by atoms with van der Waals surface area (Å²) >= 11 is 1.13. The molecule has 6 heteroatoms. The first-order chi connectivity index (χ1) is 7.13. The molecule has 1 heterocycles. The number of carbonyl (C=O) groups is 1. The molecule has 84 valence electrons. The van der Waals surface area contributed by atoms with Crippen molar-refractivity contribution >= 4 is 17.3 Å². The Hall–Kier alpha value is -1.14. The lowest BCUT2D eigenvalue weighted by atomic mass is 10.2. The summed E-state index contributed by atoms with van der Waals surface area (Å²) in [5, 5.41) is 4.83. The number of carbonyl (C=O) groups excluding carboxylic acids is 1. The van der Waals surface area contributed by atoms with E-state index in [9.17, 15) is 9.59 Å². The first kappa shape index (κ1) is 11.9. The van der Waals surface area contributed by atoms with Gasteiger partial charge in [0.15, 0.2) is 0 Å². The highest BCUT2D eigenvalue weighted by molar-refractivity contribution is 7.07. The van der Waals surface area contributed by atoms with Crippen LogP contribution in [0.4, 0.5) is 0 Å². The number of ether oxygens (including phenoxy) is 1. The van der Waals surface area contributed by atoms with Crippen LogP contribution in [0.5, 0.6) is 0 Å². The van der Waals surface area contributed by atoms with E-state index in [1.807, 2.05) is 0 Å². The van der Waals surface area contributed by atoms with Crippen molar-refractivity contribution in [3.8, 4) is 0 Å². The van der Waals surface area contributed by atoms with E-state index in [1.165, 1.54) is 7.11 Å². The van der Waals surface area contributed by atoms with Crippen LogP contribution in [0.2, 0.25) is 0 Å². The van der Waals surface area contributed by atoms with Crippen LogP contribution in [0.25, 0.3) is 0 Å². The number of methoxy groups -OCH3 is 1. The lowest BCUT2D eigenvalue weighted by Crippen LogP contribution is -2.27. The van der Waals surface area contributed by atoms with Gasteiger partial charge in [-0.25, -0.2) is 0 Å². The molecule has 1 aromatic rings. The van der Waals surface area contributed by atoms with Crippen molar-refractivity contribution in [2.24, 2.45) is 5.92 Å². The first-order valence-electron chi connectivity index (χ1n) is 4.58. The van der Waals surface area contributed by atoms with Crippen molar-refractivity contribution in [3.05, 3.63) is 20.7 Å². The van der Waals surface area contributed by atoms with Gasteiger partial charge in [0, 0.05) is 24.2 Å². The standard InChI is InChI=1S/C9H14N2O3S/c1-6(8(12)14-2)3-10-4-7-5-15-9(13)11-7/h5-6,10H,3-4H2,1-2H3,(H,11,13). The number of rotatable bonds is 5. The van der Waals surface area contributed by atoms with Crippen LogP contribution in [-0.4, -0.2) is 24.6 Å². The van der Waals surface area contributed by atoms with Gasteiger partial charge < -0.3 is 15.0 Å². The number of hydrogen-bond acceptors (Lipinski definition) is 5. The second kappa shape index (κ2) is 5.67. The normalized spacial score (nSPS) is 12.4. The quantitative estimate of drug-likeness (QED) is 0.715. The largest absolute Gasteiger partial charge is 0.469 e. The van der Waals surface area contributed by atoms with Crippen LogP contribution in [-0.2, 0) is 16.1 Å². The highest BCUT2D eigenvalue weighted by Gasteiger charge is 2.11. The minimum absolute atomic E-state index is 0.0622. The zero-order chi connectivity index (χ0) is 11.3. The summed E-state index contributed by atoms with van der Waals surface area (Å²) in [4.78, 5) is 24.5. The van der Waals surface area contributed by atoms with E-state index in [1.54, 1.807) is 12.3 Å². The SMILES string of the molecule is COC(=O)C(C)CNCc1csc(=O)[nH]1. The molecule has 0 radical (unpaired) electrons. The summed E-state index contributed by atoms with van der Waals surface area (Å²) in [6, 6.07) is 0. The highest BCUT2D eigenvalue weighted by Crippen LogP contribution is 1.98. The molecule has 0 aromatic carbocycles. The average Bonchev–Trinajstić information content (AvgIpc) is 2.63. The molecule has 0 fully saturated rings. The molecule has 0 amide bonds. The molecule has 0 saturated heterocycles. The Morgan fingerprint density at radius 2 is 2.47 bits per heavy atom. The molecular weight excluding hydrogens is 216 g/mol. The lowest BCUT2D eigenvalue weighted by molar-refractivity contribution is -0.144.